The molecule has 1 aromatic carbocycles. The summed E-state index contributed by atoms with van der Waals surface area (Å²) >= 11 is 0. The lowest BCUT2D eigenvalue weighted by Crippen LogP contribution is -2.25. The molecule has 2 rings (SSSR count). The van der Waals surface area contributed by atoms with Crippen LogP contribution in [0.5, 0.6) is 0 Å². The lowest BCUT2D eigenvalue weighted by Gasteiger charge is -2.20. The van der Waals surface area contributed by atoms with Gasteiger partial charge in [0.05, 0.1) is 12.6 Å². The molecule has 1 aliphatic heterocycles. The predicted octanol–water partition coefficient (Wildman–Crippen LogP) is 2.29. The fourth-order valence-electron chi connectivity index (χ4n) is 2.10. The molecule has 0 saturated carbocycles. The Morgan fingerprint density at radius 1 is 1.33 bits per heavy atom. The van der Waals surface area contributed by atoms with Crippen molar-refractivity contribution in [3.05, 3.63) is 29.1 Å². The van der Waals surface area contributed by atoms with Crippen LogP contribution >= 0.6 is 0 Å². The number of nitrogens with two attached hydrogens (primary N) is 1. The number of aryl methyl sites for hydroxylation is 1. The zero-order chi connectivity index (χ0) is 15.6. The average Bonchev–Trinajstić information content (AvgIpc) is 2.36. The van der Waals surface area contributed by atoms with Crippen LogP contribution in [0.15, 0.2) is 12.1 Å². The van der Waals surface area contributed by atoms with Crippen LogP contribution in [0.25, 0.3) is 0 Å². The number of anilines is 1. The van der Waals surface area contributed by atoms with E-state index >= 15 is 0 Å². The highest BCUT2D eigenvalue weighted by Gasteiger charge is 2.28. The van der Waals surface area contributed by atoms with E-state index in [1.165, 1.54) is 6.07 Å². The second kappa shape index (κ2) is 5.98. The summed E-state index contributed by atoms with van der Waals surface area (Å²) in [7, 11) is 0. The van der Waals surface area contributed by atoms with Crippen LogP contribution in [0, 0.1) is 5.82 Å². The van der Waals surface area contributed by atoms with Gasteiger partial charge in [0, 0.05) is 17.7 Å². The molecule has 4 nitrogen and oxygen atoms in total. The number of carbonyl (C=O) groups is 1. The topological polar surface area (TPSA) is 64.3 Å². The van der Waals surface area contributed by atoms with E-state index in [2.05, 4.69) is 10.1 Å². The number of benzene rings is 1. The van der Waals surface area contributed by atoms with Crippen molar-refractivity contribution in [1.82, 2.24) is 0 Å². The lowest BCUT2D eigenvalue weighted by atomic mass is 9.97. The molecule has 1 aromatic rings. The smallest absolute Gasteiger partial charge is 0.370 e. The van der Waals surface area contributed by atoms with Crippen molar-refractivity contribution in [2.24, 2.45) is 5.73 Å². The number of carbonyl (C=O) groups excluding carboxylic acids is 1. The summed E-state index contributed by atoms with van der Waals surface area (Å²) in [5.74, 6) is -0.883. The molecule has 116 valence electrons. The first-order valence-electron chi connectivity index (χ1n) is 6.28. The number of hydrogen-bond donors (Lipinski definition) is 2. The predicted molar refractivity (Wildman–Crippen MR) is 67.2 cm³/mol. The van der Waals surface area contributed by atoms with Crippen LogP contribution in [-0.4, -0.2) is 25.3 Å². The maximum atomic E-state index is 13.9. The van der Waals surface area contributed by atoms with Gasteiger partial charge in [-0.15, -0.1) is 0 Å². The molecule has 0 bridgehead atoms. The Bertz CT molecular complexity index is 546. The normalized spacial score (nSPS) is 16.3. The fourth-order valence-corrected chi connectivity index (χ4v) is 2.10. The summed E-state index contributed by atoms with van der Waals surface area (Å²) < 4.78 is 54.3. The molecule has 3 N–H and O–H groups in total. The number of ether oxygens (including phenoxy) is 1. The second-order valence-electron chi connectivity index (χ2n) is 4.82. The standard InChI is InChI=1S/C13H14F4N2O2/c14-9-4-11-7(1-2-12(20)19-11)3-8(9)10(18)5-21-6-13(15,16)17/h3-4,10H,1-2,5-6,18H2,(H,19,20). The van der Waals surface area contributed by atoms with Gasteiger partial charge < -0.3 is 15.8 Å². The molecule has 0 saturated heterocycles. The largest absolute Gasteiger partial charge is 0.411 e. The van der Waals surface area contributed by atoms with Gasteiger partial charge >= 0.3 is 6.18 Å². The van der Waals surface area contributed by atoms with Gasteiger partial charge in [-0.3, -0.25) is 4.79 Å². The summed E-state index contributed by atoms with van der Waals surface area (Å²) in [5, 5.41) is 2.53. The number of rotatable bonds is 4. The summed E-state index contributed by atoms with van der Waals surface area (Å²) in [4.78, 5) is 11.2. The molecule has 1 atom stereocenters. The minimum absolute atomic E-state index is 0.0760. The van der Waals surface area contributed by atoms with Gasteiger partial charge in [0.25, 0.3) is 0 Å². The van der Waals surface area contributed by atoms with Gasteiger partial charge in [0.15, 0.2) is 0 Å². The highest BCUT2D eigenvalue weighted by molar-refractivity contribution is 5.93. The molecule has 1 heterocycles. The molecule has 0 aliphatic carbocycles. The fraction of sp³-hybridized carbons (Fsp3) is 0.462. The third-order valence-electron chi connectivity index (χ3n) is 3.08. The summed E-state index contributed by atoms with van der Waals surface area (Å²) in [6.07, 6.45) is -3.74. The van der Waals surface area contributed by atoms with Crippen molar-refractivity contribution >= 4 is 11.6 Å². The van der Waals surface area contributed by atoms with Gasteiger partial charge in [-0.05, 0) is 24.1 Å². The first-order chi connectivity index (χ1) is 9.76. The highest BCUT2D eigenvalue weighted by atomic mass is 19.4. The molecule has 0 fully saturated rings. The van der Waals surface area contributed by atoms with Crippen molar-refractivity contribution in [3.63, 3.8) is 0 Å². The summed E-state index contributed by atoms with van der Waals surface area (Å²) in [6.45, 7) is -1.87. The van der Waals surface area contributed by atoms with Gasteiger partial charge in [0.1, 0.15) is 12.4 Å². The number of fused-ring (bicyclic) bond motifs is 1. The van der Waals surface area contributed by atoms with E-state index in [9.17, 15) is 22.4 Å². The molecule has 1 aliphatic rings. The molecule has 0 spiro atoms. The van der Waals surface area contributed by atoms with Crippen molar-refractivity contribution in [2.45, 2.75) is 25.1 Å². The van der Waals surface area contributed by atoms with E-state index in [1.54, 1.807) is 0 Å². The molecular formula is C13H14F4N2O2. The number of amides is 1. The van der Waals surface area contributed by atoms with Crippen LogP contribution in [0.4, 0.5) is 23.2 Å². The van der Waals surface area contributed by atoms with Crippen LogP contribution in [0.1, 0.15) is 23.6 Å². The number of nitrogens with one attached hydrogen (secondary N) is 1. The maximum Gasteiger partial charge on any atom is 0.411 e. The van der Waals surface area contributed by atoms with Crippen molar-refractivity contribution in [2.75, 3.05) is 18.5 Å². The van der Waals surface area contributed by atoms with Gasteiger partial charge in [-0.25, -0.2) is 4.39 Å². The molecule has 1 unspecified atom stereocenters. The highest BCUT2D eigenvalue weighted by Crippen LogP contribution is 2.28. The lowest BCUT2D eigenvalue weighted by molar-refractivity contribution is -0.174. The molecule has 21 heavy (non-hydrogen) atoms. The maximum absolute atomic E-state index is 13.9. The number of halogens is 4. The minimum Gasteiger partial charge on any atom is -0.370 e. The Kier molecular flexibility index (Phi) is 4.48. The minimum atomic E-state index is -4.45. The van der Waals surface area contributed by atoms with Crippen LogP contribution in [-0.2, 0) is 16.0 Å². The Morgan fingerprint density at radius 3 is 2.71 bits per heavy atom. The first kappa shape index (κ1) is 15.7. The quantitative estimate of drug-likeness (QED) is 0.839. The van der Waals surface area contributed by atoms with Gasteiger partial charge in [-0.1, -0.05) is 0 Å². The van der Waals surface area contributed by atoms with Crippen molar-refractivity contribution in [1.29, 1.82) is 0 Å². The van der Waals surface area contributed by atoms with Crippen LogP contribution in [0.2, 0.25) is 0 Å². The first-order valence-corrected chi connectivity index (χ1v) is 6.28. The van der Waals surface area contributed by atoms with E-state index in [0.29, 0.717) is 17.7 Å². The molecule has 0 aromatic heterocycles. The Hall–Kier alpha value is -1.67. The third kappa shape index (κ3) is 4.15. The van der Waals surface area contributed by atoms with E-state index in [4.69, 9.17) is 5.73 Å². The molecular weight excluding hydrogens is 292 g/mol. The van der Waals surface area contributed by atoms with E-state index in [1.807, 2.05) is 0 Å². The summed E-state index contributed by atoms with van der Waals surface area (Å²) in [6, 6.07) is 1.59. The van der Waals surface area contributed by atoms with Gasteiger partial charge in [0.2, 0.25) is 5.91 Å². The van der Waals surface area contributed by atoms with Gasteiger partial charge in [-0.2, -0.15) is 13.2 Å². The average molecular weight is 306 g/mol. The van der Waals surface area contributed by atoms with Crippen LogP contribution in [0.3, 0.4) is 0 Å². The zero-order valence-electron chi connectivity index (χ0n) is 11.0. The SMILES string of the molecule is NC(COCC(F)(F)F)c1cc2c(cc1F)NC(=O)CC2. The zero-order valence-corrected chi connectivity index (χ0v) is 11.0. The van der Waals surface area contributed by atoms with E-state index in [0.717, 1.165) is 6.07 Å². The van der Waals surface area contributed by atoms with E-state index in [-0.39, 0.29) is 17.9 Å². The second-order valence-corrected chi connectivity index (χ2v) is 4.82. The number of hydrogen-bond acceptors (Lipinski definition) is 3. The molecule has 8 heteroatoms. The number of alkyl halides is 3. The third-order valence-corrected chi connectivity index (χ3v) is 3.08. The summed E-state index contributed by atoms with van der Waals surface area (Å²) in [5.41, 5.74) is 6.82. The molecule has 0 radical (unpaired) electrons. The molecule has 1 amide bonds. The van der Waals surface area contributed by atoms with Crippen molar-refractivity contribution in [3.8, 4) is 0 Å². The Morgan fingerprint density at radius 2 is 2.05 bits per heavy atom. The Labute approximate surface area is 118 Å². The van der Waals surface area contributed by atoms with Crippen LogP contribution < -0.4 is 11.1 Å². The van der Waals surface area contributed by atoms with E-state index < -0.39 is 31.2 Å². The monoisotopic (exact) mass is 306 g/mol. The Balaban J connectivity index is 2.07. The van der Waals surface area contributed by atoms with Crippen molar-refractivity contribution < 1.29 is 27.1 Å².